The summed E-state index contributed by atoms with van der Waals surface area (Å²) in [4.78, 5) is 17.7. The first-order chi connectivity index (χ1) is 13.1. The minimum Gasteiger partial charge on any atom is -0.369 e. The van der Waals surface area contributed by atoms with Crippen LogP contribution in [0.4, 0.5) is 10.2 Å². The summed E-state index contributed by atoms with van der Waals surface area (Å²) in [6, 6.07) is 11.2. The molecule has 0 amide bonds. The van der Waals surface area contributed by atoms with E-state index >= 15 is 0 Å². The Morgan fingerprint density at radius 2 is 2.11 bits per heavy atom. The molecule has 2 N–H and O–H groups in total. The van der Waals surface area contributed by atoms with Gasteiger partial charge in [-0.25, -0.2) is 14.1 Å². The first kappa shape index (κ1) is 17.5. The summed E-state index contributed by atoms with van der Waals surface area (Å²) in [5.41, 5.74) is 1.48. The number of benzene rings is 2. The van der Waals surface area contributed by atoms with E-state index in [1.54, 1.807) is 24.3 Å². The van der Waals surface area contributed by atoms with Crippen LogP contribution in [0.3, 0.4) is 0 Å². The third kappa shape index (κ3) is 3.17. The van der Waals surface area contributed by atoms with E-state index in [2.05, 4.69) is 22.3 Å². The van der Waals surface area contributed by atoms with E-state index < -0.39 is 5.82 Å². The molecular weight excluding hydrogens is 367 g/mol. The number of hydrogen-bond donors (Lipinski definition) is 2. The van der Waals surface area contributed by atoms with E-state index in [4.69, 9.17) is 11.6 Å². The molecule has 2 heterocycles. The number of halogens is 2. The van der Waals surface area contributed by atoms with Crippen molar-refractivity contribution in [2.45, 2.75) is 19.8 Å². The number of unbranched alkanes of at least 4 members (excludes halogenated alkanes) is 1. The molecule has 2 aromatic carbocycles. The number of pyridine rings is 1. The Balaban J connectivity index is 2.01. The smallest absolute Gasteiger partial charge is 0.282 e. The van der Waals surface area contributed by atoms with Crippen LogP contribution in [-0.4, -0.2) is 21.3 Å². The van der Waals surface area contributed by atoms with Crippen molar-refractivity contribution in [2.24, 2.45) is 0 Å². The highest BCUT2D eigenvalue weighted by Gasteiger charge is 2.17. The van der Waals surface area contributed by atoms with Crippen molar-refractivity contribution in [3.8, 4) is 5.69 Å². The van der Waals surface area contributed by atoms with Crippen molar-refractivity contribution >= 4 is 39.2 Å². The predicted molar refractivity (Wildman–Crippen MR) is 108 cm³/mol. The standard InChI is InChI=1S/C20H18ClFN4O/c1-2-3-9-23-19-17-18(15-10-12(21)7-8-16(15)24-19)25-26(20(17)27)14-6-4-5-13(22)11-14/h4-8,10-11,25H,2-3,9H2,1H3,(H,23,24). The maximum Gasteiger partial charge on any atom is 0.282 e. The molecule has 0 radical (unpaired) electrons. The van der Waals surface area contributed by atoms with Gasteiger partial charge in [-0.05, 0) is 42.8 Å². The normalized spacial score (nSPS) is 11.4. The second-order valence-corrected chi connectivity index (χ2v) is 6.82. The minimum atomic E-state index is -0.412. The number of anilines is 1. The number of rotatable bonds is 5. The van der Waals surface area contributed by atoms with E-state index in [9.17, 15) is 9.18 Å². The van der Waals surface area contributed by atoms with Crippen molar-refractivity contribution in [2.75, 3.05) is 11.9 Å². The SMILES string of the molecule is CCCCNc1nc2ccc(Cl)cc2c2[nH]n(-c3cccc(F)c3)c(=O)c12. The molecule has 0 bridgehead atoms. The average Bonchev–Trinajstić information content (AvgIpc) is 3.00. The van der Waals surface area contributed by atoms with Crippen LogP contribution in [-0.2, 0) is 0 Å². The fraction of sp³-hybridized carbons (Fsp3) is 0.200. The lowest BCUT2D eigenvalue weighted by Crippen LogP contribution is -2.16. The van der Waals surface area contributed by atoms with E-state index in [0.29, 0.717) is 34.0 Å². The Morgan fingerprint density at radius 1 is 1.26 bits per heavy atom. The highest BCUT2D eigenvalue weighted by atomic mass is 35.5. The van der Waals surface area contributed by atoms with Gasteiger partial charge in [0.25, 0.3) is 5.56 Å². The Labute approximate surface area is 159 Å². The molecule has 0 fully saturated rings. The molecular formula is C20H18ClFN4O. The Bertz CT molecular complexity index is 1200. The van der Waals surface area contributed by atoms with Crippen LogP contribution in [0, 0.1) is 5.82 Å². The fourth-order valence-electron chi connectivity index (χ4n) is 3.14. The van der Waals surface area contributed by atoms with Gasteiger partial charge >= 0.3 is 0 Å². The zero-order chi connectivity index (χ0) is 19.0. The van der Waals surface area contributed by atoms with Crippen LogP contribution in [0.15, 0.2) is 47.3 Å². The number of fused-ring (bicyclic) bond motifs is 3. The summed E-state index contributed by atoms with van der Waals surface area (Å²) < 4.78 is 15.0. The van der Waals surface area contributed by atoms with Gasteiger partial charge in [-0.1, -0.05) is 31.0 Å². The largest absolute Gasteiger partial charge is 0.369 e. The van der Waals surface area contributed by atoms with Gasteiger partial charge in [0.15, 0.2) is 0 Å². The van der Waals surface area contributed by atoms with Gasteiger partial charge in [0, 0.05) is 17.0 Å². The Morgan fingerprint density at radius 3 is 2.89 bits per heavy atom. The van der Waals surface area contributed by atoms with Crippen LogP contribution in [0.2, 0.25) is 5.02 Å². The van der Waals surface area contributed by atoms with Gasteiger partial charge < -0.3 is 5.32 Å². The minimum absolute atomic E-state index is 0.288. The van der Waals surface area contributed by atoms with Crippen molar-refractivity contribution in [3.63, 3.8) is 0 Å². The summed E-state index contributed by atoms with van der Waals surface area (Å²) in [5.74, 6) is 0.107. The zero-order valence-corrected chi connectivity index (χ0v) is 15.5. The third-order valence-corrected chi connectivity index (χ3v) is 4.71. The third-order valence-electron chi connectivity index (χ3n) is 4.48. The van der Waals surface area contributed by atoms with Crippen LogP contribution in [0.25, 0.3) is 27.5 Å². The van der Waals surface area contributed by atoms with Crippen LogP contribution < -0.4 is 10.9 Å². The van der Waals surface area contributed by atoms with Gasteiger partial charge in [0.05, 0.1) is 16.7 Å². The molecule has 0 aliphatic rings. The van der Waals surface area contributed by atoms with E-state index in [-0.39, 0.29) is 5.56 Å². The second kappa shape index (κ2) is 7.04. The first-order valence-electron chi connectivity index (χ1n) is 8.82. The number of nitrogens with zero attached hydrogens (tertiary/aromatic N) is 2. The molecule has 5 nitrogen and oxygen atoms in total. The number of nitrogens with one attached hydrogen (secondary N) is 2. The molecule has 4 aromatic rings. The van der Waals surface area contributed by atoms with Crippen LogP contribution in [0.1, 0.15) is 19.8 Å². The first-order valence-corrected chi connectivity index (χ1v) is 9.20. The monoisotopic (exact) mass is 384 g/mol. The quantitative estimate of drug-likeness (QED) is 0.482. The van der Waals surface area contributed by atoms with Crippen LogP contribution in [0.5, 0.6) is 0 Å². The van der Waals surface area contributed by atoms with E-state index in [1.165, 1.54) is 16.8 Å². The van der Waals surface area contributed by atoms with Crippen molar-refractivity contribution < 1.29 is 4.39 Å². The molecule has 7 heteroatoms. The van der Waals surface area contributed by atoms with Crippen molar-refractivity contribution in [1.29, 1.82) is 0 Å². The molecule has 0 saturated carbocycles. The van der Waals surface area contributed by atoms with Gasteiger partial charge in [0.2, 0.25) is 0 Å². The van der Waals surface area contributed by atoms with Crippen molar-refractivity contribution in [1.82, 2.24) is 14.8 Å². The maximum absolute atomic E-state index is 13.7. The fourth-order valence-corrected chi connectivity index (χ4v) is 3.31. The summed E-state index contributed by atoms with van der Waals surface area (Å²) in [7, 11) is 0. The average molecular weight is 385 g/mol. The molecule has 0 spiro atoms. The molecule has 0 aliphatic heterocycles. The topological polar surface area (TPSA) is 62.7 Å². The van der Waals surface area contributed by atoms with E-state index in [0.717, 1.165) is 23.7 Å². The summed E-state index contributed by atoms with van der Waals surface area (Å²) in [5, 5.41) is 8.10. The molecule has 0 aliphatic carbocycles. The van der Waals surface area contributed by atoms with Crippen molar-refractivity contribution in [3.05, 3.63) is 63.7 Å². The summed E-state index contributed by atoms with van der Waals surface area (Å²) in [6.07, 6.45) is 1.99. The lowest BCUT2D eigenvalue weighted by Gasteiger charge is -2.08. The molecule has 2 aromatic heterocycles. The zero-order valence-electron chi connectivity index (χ0n) is 14.7. The van der Waals surface area contributed by atoms with Gasteiger partial charge in [-0.15, -0.1) is 0 Å². The lowest BCUT2D eigenvalue weighted by molar-refractivity contribution is 0.625. The predicted octanol–water partition coefficient (Wildman–Crippen LogP) is 4.87. The second-order valence-electron chi connectivity index (χ2n) is 6.38. The van der Waals surface area contributed by atoms with Gasteiger partial charge in [-0.2, -0.15) is 0 Å². The highest BCUT2D eigenvalue weighted by molar-refractivity contribution is 6.31. The number of aromatic nitrogens is 3. The van der Waals surface area contributed by atoms with E-state index in [1.807, 2.05) is 6.07 Å². The molecule has 0 atom stereocenters. The summed E-state index contributed by atoms with van der Waals surface area (Å²) >= 11 is 6.15. The maximum atomic E-state index is 13.7. The number of H-pyrrole nitrogens is 1. The Kier molecular flexibility index (Phi) is 4.58. The van der Waals surface area contributed by atoms with Gasteiger partial charge in [-0.3, -0.25) is 9.89 Å². The molecule has 0 saturated heterocycles. The Hall–Kier alpha value is -2.86. The molecule has 4 rings (SSSR count). The highest BCUT2D eigenvalue weighted by Crippen LogP contribution is 2.29. The molecule has 27 heavy (non-hydrogen) atoms. The lowest BCUT2D eigenvalue weighted by atomic mass is 10.1. The van der Waals surface area contributed by atoms with Crippen LogP contribution >= 0.6 is 11.6 Å². The molecule has 138 valence electrons. The molecule has 0 unspecified atom stereocenters. The number of hydrogen-bond acceptors (Lipinski definition) is 3. The summed E-state index contributed by atoms with van der Waals surface area (Å²) in [6.45, 7) is 2.81. The van der Waals surface area contributed by atoms with Gasteiger partial charge in [0.1, 0.15) is 17.0 Å². The number of aromatic amines is 1.